The molecule has 1 aromatic rings. The van der Waals surface area contributed by atoms with Crippen molar-refractivity contribution in [3.8, 4) is 0 Å². The number of anilines is 1. The molecule has 1 amide bonds. The van der Waals surface area contributed by atoms with Crippen LogP contribution in [0.25, 0.3) is 0 Å². The van der Waals surface area contributed by atoms with Gasteiger partial charge in [-0.25, -0.2) is 4.98 Å². The Kier molecular flexibility index (Phi) is 3.83. The minimum atomic E-state index is -0.168. The number of nitrogens with zero attached hydrogens (tertiary/aromatic N) is 1. The lowest BCUT2D eigenvalue weighted by Crippen LogP contribution is -2.32. The van der Waals surface area contributed by atoms with E-state index < -0.39 is 0 Å². The van der Waals surface area contributed by atoms with E-state index in [1.807, 2.05) is 0 Å². The van der Waals surface area contributed by atoms with Crippen LogP contribution in [0.2, 0.25) is 5.02 Å². The van der Waals surface area contributed by atoms with E-state index >= 15 is 0 Å². The number of nitrogens with one attached hydrogen (secondary N) is 2. The first-order valence-corrected chi connectivity index (χ1v) is 7.69. The van der Waals surface area contributed by atoms with Crippen LogP contribution in [0.5, 0.6) is 0 Å². The first-order valence-electron chi connectivity index (χ1n) is 7.31. The maximum atomic E-state index is 12.2. The van der Waals surface area contributed by atoms with E-state index in [1.54, 1.807) is 19.2 Å². The van der Waals surface area contributed by atoms with Gasteiger partial charge in [-0.2, -0.15) is 0 Å². The zero-order chi connectivity index (χ0) is 14.1. The predicted octanol–water partition coefficient (Wildman–Crippen LogP) is 2.94. The van der Waals surface area contributed by atoms with Gasteiger partial charge in [-0.05, 0) is 55.6 Å². The number of pyridine rings is 1. The van der Waals surface area contributed by atoms with E-state index in [9.17, 15) is 4.79 Å². The lowest BCUT2D eigenvalue weighted by Gasteiger charge is -2.16. The summed E-state index contributed by atoms with van der Waals surface area (Å²) in [5.41, 5.74) is 0.309. The van der Waals surface area contributed by atoms with Crippen LogP contribution in [0.1, 0.15) is 36.2 Å². The number of hydrogen-bond donors (Lipinski definition) is 2. The smallest absolute Gasteiger partial charge is 0.271 e. The van der Waals surface area contributed by atoms with Gasteiger partial charge in [0.05, 0.1) is 5.02 Å². The molecular weight excluding hydrogens is 274 g/mol. The van der Waals surface area contributed by atoms with E-state index in [1.165, 1.54) is 25.7 Å². The monoisotopic (exact) mass is 293 g/mol. The Morgan fingerprint density at radius 3 is 2.55 bits per heavy atom. The Labute approximate surface area is 124 Å². The average molecular weight is 294 g/mol. The summed E-state index contributed by atoms with van der Waals surface area (Å²) in [6.45, 7) is 0.760. The van der Waals surface area contributed by atoms with Gasteiger partial charge in [0.25, 0.3) is 5.91 Å². The van der Waals surface area contributed by atoms with Gasteiger partial charge in [0, 0.05) is 13.6 Å². The summed E-state index contributed by atoms with van der Waals surface area (Å²) >= 11 is 6.06. The molecule has 3 rings (SSSR count). The van der Waals surface area contributed by atoms with Gasteiger partial charge < -0.3 is 10.6 Å². The van der Waals surface area contributed by atoms with Crippen LogP contribution >= 0.6 is 11.6 Å². The zero-order valence-electron chi connectivity index (χ0n) is 11.7. The third-order valence-corrected chi connectivity index (χ3v) is 4.58. The lowest BCUT2D eigenvalue weighted by atomic mass is 9.98. The van der Waals surface area contributed by atoms with Crippen LogP contribution in [-0.4, -0.2) is 24.5 Å². The molecule has 108 valence electrons. The number of amides is 1. The Morgan fingerprint density at radius 2 is 2.00 bits per heavy atom. The van der Waals surface area contributed by atoms with Crippen LogP contribution < -0.4 is 10.6 Å². The van der Waals surface area contributed by atoms with Crippen molar-refractivity contribution in [1.29, 1.82) is 0 Å². The van der Waals surface area contributed by atoms with E-state index in [4.69, 9.17) is 11.6 Å². The molecule has 20 heavy (non-hydrogen) atoms. The summed E-state index contributed by atoms with van der Waals surface area (Å²) in [6.07, 6.45) is 5.30. The van der Waals surface area contributed by atoms with Crippen molar-refractivity contribution in [3.63, 3.8) is 0 Å². The van der Waals surface area contributed by atoms with Gasteiger partial charge in [0.1, 0.15) is 11.5 Å². The molecule has 2 saturated carbocycles. The van der Waals surface area contributed by atoms with Gasteiger partial charge >= 0.3 is 0 Å². The highest BCUT2D eigenvalue weighted by atomic mass is 35.5. The van der Waals surface area contributed by atoms with Crippen LogP contribution in [0.4, 0.5) is 5.82 Å². The van der Waals surface area contributed by atoms with Crippen LogP contribution in [0.15, 0.2) is 12.1 Å². The van der Waals surface area contributed by atoms with Crippen LogP contribution in [0.3, 0.4) is 0 Å². The van der Waals surface area contributed by atoms with Gasteiger partial charge in [-0.3, -0.25) is 4.79 Å². The van der Waals surface area contributed by atoms with Crippen LogP contribution in [0, 0.1) is 17.8 Å². The fourth-order valence-electron chi connectivity index (χ4n) is 2.80. The van der Waals surface area contributed by atoms with Crippen molar-refractivity contribution < 1.29 is 4.79 Å². The Balaban J connectivity index is 1.63. The highest BCUT2D eigenvalue weighted by molar-refractivity contribution is 6.33. The number of aromatic nitrogens is 1. The molecule has 0 aliphatic heterocycles. The van der Waals surface area contributed by atoms with Crippen molar-refractivity contribution in [3.05, 3.63) is 22.8 Å². The highest BCUT2D eigenvalue weighted by Crippen LogP contribution is 2.48. The maximum Gasteiger partial charge on any atom is 0.271 e. The summed E-state index contributed by atoms with van der Waals surface area (Å²) < 4.78 is 0. The quantitative estimate of drug-likeness (QED) is 0.848. The molecular formula is C15H20ClN3O. The lowest BCUT2D eigenvalue weighted by molar-refractivity contribution is 0.0938. The van der Waals surface area contributed by atoms with Crippen LogP contribution in [-0.2, 0) is 0 Å². The molecule has 2 aliphatic rings. The average Bonchev–Trinajstić information content (AvgIpc) is 3.32. The molecule has 2 N–H and O–H groups in total. The molecule has 0 atom stereocenters. The van der Waals surface area contributed by atoms with E-state index in [-0.39, 0.29) is 5.91 Å². The Morgan fingerprint density at radius 1 is 1.35 bits per heavy atom. The molecule has 4 nitrogen and oxygen atoms in total. The van der Waals surface area contributed by atoms with E-state index in [2.05, 4.69) is 15.6 Å². The number of rotatable bonds is 6. The molecule has 2 aliphatic carbocycles. The van der Waals surface area contributed by atoms with Gasteiger partial charge in [-0.1, -0.05) is 11.6 Å². The van der Waals surface area contributed by atoms with Crippen molar-refractivity contribution >= 4 is 23.3 Å². The zero-order valence-corrected chi connectivity index (χ0v) is 12.4. The third kappa shape index (κ3) is 3.06. The molecule has 5 heteroatoms. The Bertz CT molecular complexity index is 500. The summed E-state index contributed by atoms with van der Waals surface area (Å²) in [5, 5.41) is 6.34. The molecule has 0 bridgehead atoms. The van der Waals surface area contributed by atoms with Crippen molar-refractivity contribution in [1.82, 2.24) is 10.3 Å². The normalized spacial score (nSPS) is 18.1. The number of carbonyl (C=O) groups excluding carboxylic acids is 1. The number of carbonyl (C=O) groups is 1. The van der Waals surface area contributed by atoms with Gasteiger partial charge in [0.15, 0.2) is 0 Å². The number of hydrogen-bond acceptors (Lipinski definition) is 3. The second-order valence-corrected chi connectivity index (χ2v) is 6.23. The third-order valence-electron chi connectivity index (χ3n) is 4.27. The van der Waals surface area contributed by atoms with Gasteiger partial charge in [-0.15, -0.1) is 0 Å². The fourth-order valence-corrected chi connectivity index (χ4v) is 2.99. The molecule has 0 saturated heterocycles. The molecule has 2 fully saturated rings. The topological polar surface area (TPSA) is 54.0 Å². The molecule has 1 heterocycles. The molecule has 0 spiro atoms. The number of halogens is 1. The van der Waals surface area contributed by atoms with Crippen molar-refractivity contribution in [2.45, 2.75) is 25.7 Å². The summed E-state index contributed by atoms with van der Waals surface area (Å²) in [5.74, 6) is 2.80. The second kappa shape index (κ2) is 5.60. The van der Waals surface area contributed by atoms with E-state index in [0.29, 0.717) is 22.5 Å². The van der Waals surface area contributed by atoms with Gasteiger partial charge in [0.2, 0.25) is 0 Å². The SMILES string of the molecule is CNc1ccc(Cl)c(C(=O)NCC(C2CC2)C2CC2)n1. The Hall–Kier alpha value is -1.29. The molecule has 1 aromatic heterocycles. The molecule has 0 radical (unpaired) electrons. The summed E-state index contributed by atoms with van der Waals surface area (Å²) in [7, 11) is 1.77. The minimum Gasteiger partial charge on any atom is -0.373 e. The maximum absolute atomic E-state index is 12.2. The fraction of sp³-hybridized carbons (Fsp3) is 0.600. The summed E-state index contributed by atoms with van der Waals surface area (Å²) in [6, 6.07) is 3.46. The summed E-state index contributed by atoms with van der Waals surface area (Å²) in [4.78, 5) is 16.5. The first kappa shape index (κ1) is 13.7. The van der Waals surface area contributed by atoms with E-state index in [0.717, 1.165) is 18.4 Å². The molecule has 0 unspecified atom stereocenters. The first-order chi connectivity index (χ1) is 9.69. The second-order valence-electron chi connectivity index (χ2n) is 5.83. The largest absolute Gasteiger partial charge is 0.373 e. The highest BCUT2D eigenvalue weighted by Gasteiger charge is 2.41. The van der Waals surface area contributed by atoms with Crippen molar-refractivity contribution in [2.24, 2.45) is 17.8 Å². The molecule has 0 aromatic carbocycles. The standard InChI is InChI=1S/C15H20ClN3O/c1-17-13-7-6-12(16)14(19-13)15(20)18-8-11(9-2-3-9)10-4-5-10/h6-7,9-11H,2-5,8H2,1H3,(H,17,19)(H,18,20). The minimum absolute atomic E-state index is 0.168. The predicted molar refractivity (Wildman–Crippen MR) is 80.1 cm³/mol. The van der Waals surface area contributed by atoms with Crippen molar-refractivity contribution in [2.75, 3.05) is 18.9 Å².